The number of ketones is 1. The first kappa shape index (κ1) is 19.7. The van der Waals surface area contributed by atoms with Crippen molar-refractivity contribution >= 4 is 5.78 Å². The van der Waals surface area contributed by atoms with Crippen LogP contribution in [0.3, 0.4) is 0 Å². The molecule has 0 heterocycles. The standard InChI is InChI=1S/C21H31F3O3/c1-19-8-6-14-13-7-9-20(27,21(22,23)24)10-12(13)2-3-15(14)16(19)4-5-17(19)18(26)11-25/h12-17,25,27H,2-11H2,1H3/t12?,13-,14?,15+,16-,17+,19-,20+/m0/s1. The second kappa shape index (κ2) is 6.45. The molecule has 0 aromatic heterocycles. The van der Waals surface area contributed by atoms with E-state index >= 15 is 0 Å². The number of hydrogen-bond donors (Lipinski definition) is 2. The van der Waals surface area contributed by atoms with Crippen LogP contribution in [0.15, 0.2) is 0 Å². The van der Waals surface area contributed by atoms with Gasteiger partial charge in [0.15, 0.2) is 11.4 Å². The first-order chi connectivity index (χ1) is 12.6. The lowest BCUT2D eigenvalue weighted by Crippen LogP contribution is -2.55. The van der Waals surface area contributed by atoms with Crippen LogP contribution in [0.4, 0.5) is 13.2 Å². The van der Waals surface area contributed by atoms with Crippen molar-refractivity contribution < 1.29 is 28.2 Å². The van der Waals surface area contributed by atoms with Gasteiger partial charge >= 0.3 is 6.18 Å². The number of carbonyl (C=O) groups is 1. The lowest BCUT2D eigenvalue weighted by Gasteiger charge is -2.57. The molecule has 0 aliphatic heterocycles. The van der Waals surface area contributed by atoms with E-state index in [4.69, 9.17) is 0 Å². The van der Waals surface area contributed by atoms with Crippen LogP contribution in [0.25, 0.3) is 0 Å². The fourth-order valence-electron chi connectivity index (χ4n) is 7.77. The Bertz CT molecular complexity index is 606. The summed E-state index contributed by atoms with van der Waals surface area (Å²) in [7, 11) is 0. The third-order valence-corrected chi connectivity index (χ3v) is 9.08. The number of hydrogen-bond acceptors (Lipinski definition) is 3. The topological polar surface area (TPSA) is 57.5 Å². The summed E-state index contributed by atoms with van der Waals surface area (Å²) < 4.78 is 39.9. The zero-order valence-corrected chi connectivity index (χ0v) is 16.0. The van der Waals surface area contributed by atoms with Crippen LogP contribution < -0.4 is 0 Å². The van der Waals surface area contributed by atoms with Gasteiger partial charge in [0.1, 0.15) is 6.61 Å². The van der Waals surface area contributed by atoms with Crippen molar-refractivity contribution in [3.05, 3.63) is 0 Å². The molecule has 3 nitrogen and oxygen atoms in total. The molecule has 0 radical (unpaired) electrons. The van der Waals surface area contributed by atoms with Crippen molar-refractivity contribution in [1.29, 1.82) is 0 Å². The predicted octanol–water partition coefficient (Wildman–Crippen LogP) is 4.11. The quantitative estimate of drug-likeness (QED) is 0.749. The molecule has 4 saturated carbocycles. The van der Waals surface area contributed by atoms with Gasteiger partial charge in [-0.05, 0) is 92.8 Å². The van der Waals surface area contributed by atoms with Crippen molar-refractivity contribution in [3.8, 4) is 0 Å². The average molecular weight is 388 g/mol. The van der Waals surface area contributed by atoms with Gasteiger partial charge in [-0.1, -0.05) is 6.92 Å². The number of Topliss-reactive ketones (excluding diaryl/α,β-unsaturated/α-hetero) is 1. The monoisotopic (exact) mass is 388 g/mol. The fourth-order valence-corrected chi connectivity index (χ4v) is 7.77. The number of rotatable bonds is 2. The molecule has 27 heavy (non-hydrogen) atoms. The third-order valence-electron chi connectivity index (χ3n) is 9.08. The number of aliphatic hydroxyl groups is 2. The minimum Gasteiger partial charge on any atom is -0.389 e. The normalized spacial score (nSPS) is 49.9. The molecule has 0 aromatic carbocycles. The Hall–Kier alpha value is -0.620. The van der Waals surface area contributed by atoms with E-state index in [9.17, 15) is 28.2 Å². The van der Waals surface area contributed by atoms with E-state index in [1.54, 1.807) is 0 Å². The maximum absolute atomic E-state index is 13.3. The Morgan fingerprint density at radius 3 is 2.37 bits per heavy atom. The van der Waals surface area contributed by atoms with Gasteiger partial charge in [-0.2, -0.15) is 13.2 Å². The van der Waals surface area contributed by atoms with E-state index in [0.717, 1.165) is 38.5 Å². The van der Waals surface area contributed by atoms with Gasteiger partial charge in [0.2, 0.25) is 0 Å². The van der Waals surface area contributed by atoms with Gasteiger partial charge in [0, 0.05) is 5.92 Å². The minimum atomic E-state index is -4.54. The Balaban J connectivity index is 1.52. The number of alkyl halides is 3. The van der Waals surface area contributed by atoms with Gasteiger partial charge in [-0.15, -0.1) is 0 Å². The van der Waals surface area contributed by atoms with Crippen molar-refractivity contribution in [2.75, 3.05) is 6.61 Å². The van der Waals surface area contributed by atoms with Crippen LogP contribution >= 0.6 is 0 Å². The number of aliphatic hydroxyl groups excluding tert-OH is 1. The van der Waals surface area contributed by atoms with Gasteiger partial charge in [0.25, 0.3) is 0 Å². The van der Waals surface area contributed by atoms with Gasteiger partial charge < -0.3 is 10.2 Å². The zero-order chi connectivity index (χ0) is 19.6. The molecule has 0 bridgehead atoms. The van der Waals surface area contributed by atoms with Gasteiger partial charge in [-0.25, -0.2) is 0 Å². The summed E-state index contributed by atoms with van der Waals surface area (Å²) in [6.45, 7) is 1.82. The Morgan fingerprint density at radius 2 is 1.70 bits per heavy atom. The summed E-state index contributed by atoms with van der Waals surface area (Å²) in [6, 6.07) is 0. The fraction of sp³-hybridized carbons (Fsp3) is 0.952. The molecule has 2 unspecified atom stereocenters. The Kier molecular flexibility index (Phi) is 4.70. The van der Waals surface area contributed by atoms with Crippen LogP contribution in [0.1, 0.15) is 64.7 Å². The SMILES string of the molecule is C[C@]12CCC3[C@H]4CC[C@](O)(C(F)(F)F)CC4CC[C@H]3[C@@H]1CC[C@@H]2C(=O)CO. The molecular formula is C21H31F3O3. The molecular weight excluding hydrogens is 357 g/mol. The van der Waals surface area contributed by atoms with E-state index in [2.05, 4.69) is 6.92 Å². The smallest absolute Gasteiger partial charge is 0.389 e. The van der Waals surface area contributed by atoms with Gasteiger partial charge in [-0.3, -0.25) is 4.79 Å². The first-order valence-corrected chi connectivity index (χ1v) is 10.5. The highest BCUT2D eigenvalue weighted by molar-refractivity contribution is 5.83. The number of fused-ring (bicyclic) bond motifs is 5. The molecule has 4 rings (SSSR count). The highest BCUT2D eigenvalue weighted by Gasteiger charge is 2.62. The summed E-state index contributed by atoms with van der Waals surface area (Å²) in [5, 5.41) is 19.5. The molecule has 4 aliphatic carbocycles. The molecule has 154 valence electrons. The Labute approximate surface area is 158 Å². The molecule has 0 aromatic rings. The van der Waals surface area contributed by atoms with E-state index in [1.807, 2.05) is 0 Å². The number of halogens is 3. The van der Waals surface area contributed by atoms with Crippen molar-refractivity contribution in [2.24, 2.45) is 40.9 Å². The predicted molar refractivity (Wildman–Crippen MR) is 93.7 cm³/mol. The summed E-state index contributed by atoms with van der Waals surface area (Å²) in [5.74, 6) is 1.51. The molecule has 6 heteroatoms. The molecule has 0 saturated heterocycles. The molecule has 4 fully saturated rings. The second-order valence-electron chi connectivity index (χ2n) is 10.0. The number of carbonyl (C=O) groups excluding carboxylic acids is 1. The highest BCUT2D eigenvalue weighted by Crippen LogP contribution is 2.65. The van der Waals surface area contributed by atoms with Crippen LogP contribution in [0, 0.1) is 40.9 Å². The summed E-state index contributed by atoms with van der Waals surface area (Å²) >= 11 is 0. The first-order valence-electron chi connectivity index (χ1n) is 10.5. The molecule has 0 amide bonds. The maximum atomic E-state index is 13.3. The Morgan fingerprint density at radius 1 is 1.00 bits per heavy atom. The van der Waals surface area contributed by atoms with Crippen molar-refractivity contribution in [3.63, 3.8) is 0 Å². The van der Waals surface area contributed by atoms with E-state index in [0.29, 0.717) is 24.2 Å². The third kappa shape index (κ3) is 2.88. The summed E-state index contributed by atoms with van der Waals surface area (Å²) in [6.07, 6.45) is 1.03. The molecule has 2 N–H and O–H groups in total. The summed E-state index contributed by atoms with van der Waals surface area (Å²) in [4.78, 5) is 12.2. The second-order valence-corrected chi connectivity index (χ2v) is 10.0. The molecule has 8 atom stereocenters. The van der Waals surface area contributed by atoms with Gasteiger partial charge in [0.05, 0.1) is 0 Å². The lowest BCUT2D eigenvalue weighted by atomic mass is 9.49. The molecule has 0 spiro atoms. The molecule has 4 aliphatic rings. The highest BCUT2D eigenvalue weighted by atomic mass is 19.4. The largest absolute Gasteiger partial charge is 0.417 e. The summed E-state index contributed by atoms with van der Waals surface area (Å²) in [5.41, 5.74) is -2.56. The van der Waals surface area contributed by atoms with E-state index < -0.39 is 11.8 Å². The zero-order valence-electron chi connectivity index (χ0n) is 16.0. The van der Waals surface area contributed by atoms with Crippen LogP contribution in [-0.4, -0.2) is 34.4 Å². The average Bonchev–Trinajstić information content (AvgIpc) is 2.97. The lowest BCUT2D eigenvalue weighted by molar-refractivity contribution is -0.282. The van der Waals surface area contributed by atoms with E-state index in [1.165, 1.54) is 0 Å². The van der Waals surface area contributed by atoms with Crippen molar-refractivity contribution in [1.82, 2.24) is 0 Å². The minimum absolute atomic E-state index is 0.0349. The maximum Gasteiger partial charge on any atom is 0.417 e. The van der Waals surface area contributed by atoms with E-state index in [-0.39, 0.29) is 48.4 Å². The van der Waals surface area contributed by atoms with Crippen LogP contribution in [0.2, 0.25) is 0 Å². The van der Waals surface area contributed by atoms with Crippen LogP contribution in [0.5, 0.6) is 0 Å². The van der Waals surface area contributed by atoms with Crippen LogP contribution in [-0.2, 0) is 4.79 Å². The van der Waals surface area contributed by atoms with Crippen molar-refractivity contribution in [2.45, 2.75) is 76.5 Å².